The highest BCUT2D eigenvalue weighted by Crippen LogP contribution is 2.19. The highest BCUT2D eigenvalue weighted by atomic mass is 16.5. The maximum Gasteiger partial charge on any atom is 0.246 e. The Kier molecular flexibility index (Phi) is 5.77. The summed E-state index contributed by atoms with van der Waals surface area (Å²) in [6.45, 7) is 4.29. The second kappa shape index (κ2) is 6.86. The van der Waals surface area contributed by atoms with E-state index in [1.54, 1.807) is 0 Å². The van der Waals surface area contributed by atoms with Crippen molar-refractivity contribution < 1.29 is 9.53 Å². The Bertz CT molecular complexity index is 217. The summed E-state index contributed by atoms with van der Waals surface area (Å²) in [5.74, 6) is -0.0206. The number of carbonyl (C=O) groups is 1. The summed E-state index contributed by atoms with van der Waals surface area (Å²) in [4.78, 5) is 11.6. The van der Waals surface area contributed by atoms with Gasteiger partial charge in [-0.15, -0.1) is 0 Å². The van der Waals surface area contributed by atoms with Crippen LogP contribution in [-0.2, 0) is 9.53 Å². The molecule has 2 unspecified atom stereocenters. The van der Waals surface area contributed by atoms with E-state index in [2.05, 4.69) is 19.2 Å². The third-order valence-corrected chi connectivity index (χ3v) is 3.28. The summed E-state index contributed by atoms with van der Waals surface area (Å²) in [5, 5.41) is 2.95. The number of carbonyl (C=O) groups excluding carboxylic acids is 1. The van der Waals surface area contributed by atoms with Gasteiger partial charge in [0.05, 0.1) is 6.10 Å². The van der Waals surface area contributed by atoms with Crippen LogP contribution < -0.4 is 11.1 Å². The lowest BCUT2D eigenvalue weighted by Gasteiger charge is -2.18. The summed E-state index contributed by atoms with van der Waals surface area (Å²) >= 11 is 0. The maximum atomic E-state index is 11.6. The number of hydrogen-bond donors (Lipinski definition) is 2. The number of ether oxygens (including phenoxy) is 1. The van der Waals surface area contributed by atoms with E-state index in [4.69, 9.17) is 10.5 Å². The molecule has 0 heterocycles. The average Bonchev–Trinajstić information content (AvgIpc) is 2.69. The van der Waals surface area contributed by atoms with E-state index >= 15 is 0 Å². The molecule has 2 atom stereocenters. The summed E-state index contributed by atoms with van der Waals surface area (Å²) in [5.41, 5.74) is 5.86. The van der Waals surface area contributed by atoms with Crippen LogP contribution in [0.15, 0.2) is 0 Å². The van der Waals surface area contributed by atoms with Crippen molar-refractivity contribution in [2.45, 2.75) is 64.1 Å². The van der Waals surface area contributed by atoms with Crippen molar-refractivity contribution in [3.8, 4) is 0 Å². The Labute approximate surface area is 97.9 Å². The Morgan fingerprint density at radius 2 is 2.12 bits per heavy atom. The van der Waals surface area contributed by atoms with Crippen LogP contribution in [0.4, 0.5) is 0 Å². The van der Waals surface area contributed by atoms with E-state index in [1.807, 2.05) is 0 Å². The Balaban J connectivity index is 2.19. The molecule has 1 fully saturated rings. The first kappa shape index (κ1) is 13.5. The monoisotopic (exact) mass is 228 g/mol. The summed E-state index contributed by atoms with van der Waals surface area (Å²) in [6, 6.07) is 0.384. The van der Waals surface area contributed by atoms with Crippen molar-refractivity contribution >= 4 is 5.91 Å². The minimum Gasteiger partial charge on any atom is -0.367 e. The minimum absolute atomic E-state index is 0.0206. The number of nitrogens with one attached hydrogen (secondary N) is 1. The van der Waals surface area contributed by atoms with Crippen LogP contribution in [0.3, 0.4) is 0 Å². The fourth-order valence-electron chi connectivity index (χ4n) is 2.11. The topological polar surface area (TPSA) is 64.3 Å². The molecular weight excluding hydrogens is 204 g/mol. The van der Waals surface area contributed by atoms with Crippen LogP contribution in [0.5, 0.6) is 0 Å². The fraction of sp³-hybridized carbons (Fsp3) is 0.917. The van der Waals surface area contributed by atoms with E-state index < -0.39 is 0 Å². The van der Waals surface area contributed by atoms with Crippen molar-refractivity contribution in [1.82, 2.24) is 5.32 Å². The Hall–Kier alpha value is -0.610. The highest BCUT2D eigenvalue weighted by Gasteiger charge is 2.25. The van der Waals surface area contributed by atoms with Crippen molar-refractivity contribution in [3.63, 3.8) is 0 Å². The number of rotatable bonds is 6. The standard InChI is InChI=1S/C12H24N2O2/c1-3-9(4-2)14-12(15)8-16-11-7-5-6-10(11)13/h9-11H,3-8,13H2,1-2H3,(H,14,15). The number of nitrogens with two attached hydrogens (primary N) is 1. The molecule has 1 aliphatic rings. The van der Waals surface area contributed by atoms with Gasteiger partial charge in [0.2, 0.25) is 5.91 Å². The van der Waals surface area contributed by atoms with Crippen LogP contribution in [-0.4, -0.2) is 30.7 Å². The molecule has 0 aliphatic heterocycles. The zero-order chi connectivity index (χ0) is 12.0. The smallest absolute Gasteiger partial charge is 0.246 e. The second-order valence-corrected chi connectivity index (χ2v) is 4.53. The molecule has 1 amide bonds. The van der Waals surface area contributed by atoms with Gasteiger partial charge in [-0.3, -0.25) is 4.79 Å². The van der Waals surface area contributed by atoms with Crippen molar-refractivity contribution in [1.29, 1.82) is 0 Å². The van der Waals surface area contributed by atoms with E-state index in [-0.39, 0.29) is 30.7 Å². The van der Waals surface area contributed by atoms with Gasteiger partial charge in [-0.25, -0.2) is 0 Å². The summed E-state index contributed by atoms with van der Waals surface area (Å²) in [6.07, 6.45) is 5.11. The molecule has 4 heteroatoms. The van der Waals surface area contributed by atoms with Crippen LogP contribution >= 0.6 is 0 Å². The third-order valence-electron chi connectivity index (χ3n) is 3.28. The molecule has 0 aromatic rings. The molecule has 0 aromatic carbocycles. The largest absolute Gasteiger partial charge is 0.367 e. The van der Waals surface area contributed by atoms with Gasteiger partial charge in [-0.2, -0.15) is 0 Å². The predicted octanol–water partition coefficient (Wildman–Crippen LogP) is 1.19. The van der Waals surface area contributed by atoms with Crippen molar-refractivity contribution in [3.05, 3.63) is 0 Å². The predicted molar refractivity (Wildman–Crippen MR) is 64.1 cm³/mol. The molecule has 0 aromatic heterocycles. The molecule has 4 nitrogen and oxygen atoms in total. The van der Waals surface area contributed by atoms with Gasteiger partial charge in [0.1, 0.15) is 6.61 Å². The summed E-state index contributed by atoms with van der Waals surface area (Å²) in [7, 11) is 0. The van der Waals surface area contributed by atoms with E-state index in [0.717, 1.165) is 32.1 Å². The average molecular weight is 228 g/mol. The molecule has 0 saturated heterocycles. The first-order chi connectivity index (χ1) is 7.67. The zero-order valence-corrected chi connectivity index (χ0v) is 10.4. The van der Waals surface area contributed by atoms with E-state index in [0.29, 0.717) is 0 Å². The highest BCUT2D eigenvalue weighted by molar-refractivity contribution is 5.77. The zero-order valence-electron chi connectivity index (χ0n) is 10.4. The lowest BCUT2D eigenvalue weighted by Crippen LogP contribution is -2.39. The van der Waals surface area contributed by atoms with Crippen molar-refractivity contribution in [2.75, 3.05) is 6.61 Å². The Morgan fingerprint density at radius 1 is 1.44 bits per heavy atom. The third kappa shape index (κ3) is 4.10. The quantitative estimate of drug-likeness (QED) is 0.717. The lowest BCUT2D eigenvalue weighted by atomic mass is 10.2. The maximum absolute atomic E-state index is 11.6. The van der Waals surface area contributed by atoms with Gasteiger partial charge < -0.3 is 15.8 Å². The fourth-order valence-corrected chi connectivity index (χ4v) is 2.11. The number of amides is 1. The normalized spacial score (nSPS) is 25.0. The second-order valence-electron chi connectivity index (χ2n) is 4.53. The first-order valence-corrected chi connectivity index (χ1v) is 6.33. The van der Waals surface area contributed by atoms with Crippen LogP contribution in [0.1, 0.15) is 46.0 Å². The van der Waals surface area contributed by atoms with E-state index in [1.165, 1.54) is 0 Å². The van der Waals surface area contributed by atoms with Crippen LogP contribution in [0.2, 0.25) is 0 Å². The number of hydrogen-bond acceptors (Lipinski definition) is 3. The van der Waals surface area contributed by atoms with Gasteiger partial charge in [-0.1, -0.05) is 13.8 Å². The first-order valence-electron chi connectivity index (χ1n) is 6.33. The molecule has 1 saturated carbocycles. The molecule has 94 valence electrons. The molecule has 0 spiro atoms. The molecule has 3 N–H and O–H groups in total. The molecule has 0 bridgehead atoms. The van der Waals surface area contributed by atoms with Gasteiger partial charge >= 0.3 is 0 Å². The van der Waals surface area contributed by atoms with Crippen molar-refractivity contribution in [2.24, 2.45) is 5.73 Å². The van der Waals surface area contributed by atoms with Gasteiger partial charge in [0.25, 0.3) is 0 Å². The Morgan fingerprint density at radius 3 is 2.62 bits per heavy atom. The van der Waals surface area contributed by atoms with E-state index in [9.17, 15) is 4.79 Å². The van der Waals surface area contributed by atoms with Gasteiger partial charge in [0, 0.05) is 12.1 Å². The SMILES string of the molecule is CCC(CC)NC(=O)COC1CCCC1N. The summed E-state index contributed by atoms with van der Waals surface area (Å²) < 4.78 is 5.53. The van der Waals surface area contributed by atoms with Gasteiger partial charge in [-0.05, 0) is 32.1 Å². The molecule has 1 rings (SSSR count). The van der Waals surface area contributed by atoms with Crippen LogP contribution in [0.25, 0.3) is 0 Å². The van der Waals surface area contributed by atoms with Crippen LogP contribution in [0, 0.1) is 0 Å². The van der Waals surface area contributed by atoms with Gasteiger partial charge in [0.15, 0.2) is 0 Å². The minimum atomic E-state index is -0.0206. The molecule has 0 radical (unpaired) electrons. The molecular formula is C12H24N2O2. The lowest BCUT2D eigenvalue weighted by molar-refractivity contribution is -0.128. The molecule has 1 aliphatic carbocycles. The molecule has 16 heavy (non-hydrogen) atoms.